The molecule has 1 heterocycles. The molecule has 0 aromatic heterocycles. The van der Waals surface area contributed by atoms with Crippen molar-refractivity contribution in [3.63, 3.8) is 0 Å². The second kappa shape index (κ2) is 11.0. The van der Waals surface area contributed by atoms with Crippen LogP contribution in [0.1, 0.15) is 42.4 Å². The van der Waals surface area contributed by atoms with E-state index in [-0.39, 0.29) is 12.4 Å². The maximum absolute atomic E-state index is 6.14. The monoisotopic (exact) mass is 447 g/mol. The van der Waals surface area contributed by atoms with Crippen LogP contribution in [-0.4, -0.2) is 24.5 Å². The lowest BCUT2D eigenvalue weighted by Gasteiger charge is -2.27. The van der Waals surface area contributed by atoms with Crippen LogP contribution in [0, 0.1) is 5.92 Å². The van der Waals surface area contributed by atoms with Crippen molar-refractivity contribution >= 4 is 12.4 Å². The molecule has 1 aliphatic carbocycles. The number of aryl methyl sites for hydroxylation is 1. The maximum atomic E-state index is 6.14. The van der Waals surface area contributed by atoms with Gasteiger partial charge in [-0.3, -0.25) is 0 Å². The predicted octanol–water partition coefficient (Wildman–Crippen LogP) is 6.95. The van der Waals surface area contributed by atoms with Gasteiger partial charge in [-0.2, -0.15) is 0 Å². The van der Waals surface area contributed by atoms with E-state index in [9.17, 15) is 0 Å². The molecular formula is C29H34ClNO. The number of nitrogens with zero attached hydrogens (tertiary/aromatic N) is 1. The van der Waals surface area contributed by atoms with E-state index in [1.807, 2.05) is 0 Å². The fourth-order valence-electron chi connectivity index (χ4n) is 5.11. The second-order valence-corrected chi connectivity index (χ2v) is 9.23. The molecule has 5 rings (SSSR count). The minimum atomic E-state index is 0. The fourth-order valence-corrected chi connectivity index (χ4v) is 5.11. The Morgan fingerprint density at radius 3 is 2.34 bits per heavy atom. The molecule has 1 unspecified atom stereocenters. The van der Waals surface area contributed by atoms with Crippen LogP contribution in [0.4, 0.5) is 0 Å². The quantitative estimate of drug-likeness (QED) is 0.388. The number of ether oxygens (including phenoxy) is 1. The molecule has 168 valence electrons. The van der Waals surface area contributed by atoms with Crippen molar-refractivity contribution in [1.29, 1.82) is 0 Å². The Morgan fingerprint density at radius 2 is 1.56 bits per heavy atom. The van der Waals surface area contributed by atoms with E-state index in [2.05, 4.69) is 77.7 Å². The van der Waals surface area contributed by atoms with Crippen LogP contribution in [0.25, 0.3) is 11.1 Å². The molecule has 0 spiro atoms. The summed E-state index contributed by atoms with van der Waals surface area (Å²) in [6.07, 6.45) is 7.91. The van der Waals surface area contributed by atoms with E-state index < -0.39 is 0 Å². The minimum absolute atomic E-state index is 0. The maximum Gasteiger partial charge on any atom is 0.120 e. The molecule has 3 aromatic carbocycles. The SMILES string of the molecule is Cl.c1ccc(-c2ccc(COc3ccc4c(c3)CCC(CCN3CCCC3)C4)cc2)cc1. The molecule has 0 amide bonds. The van der Waals surface area contributed by atoms with Crippen molar-refractivity contribution in [3.8, 4) is 16.9 Å². The van der Waals surface area contributed by atoms with Gasteiger partial charge >= 0.3 is 0 Å². The molecule has 1 fully saturated rings. The number of benzene rings is 3. The summed E-state index contributed by atoms with van der Waals surface area (Å²) < 4.78 is 6.14. The van der Waals surface area contributed by atoms with Gasteiger partial charge in [0, 0.05) is 0 Å². The van der Waals surface area contributed by atoms with Gasteiger partial charge in [-0.05, 0) is 104 Å². The third kappa shape index (κ3) is 5.74. The third-order valence-corrected chi connectivity index (χ3v) is 7.03. The van der Waals surface area contributed by atoms with E-state index in [4.69, 9.17) is 4.74 Å². The van der Waals surface area contributed by atoms with Crippen molar-refractivity contribution in [3.05, 3.63) is 89.5 Å². The lowest BCUT2D eigenvalue weighted by Crippen LogP contribution is -2.24. The van der Waals surface area contributed by atoms with Crippen molar-refractivity contribution in [2.45, 2.75) is 45.1 Å². The standard InChI is InChI=1S/C29H33NO.ClH/c1-2-6-25(7-3-1)26-11-9-24(10-12-26)22-31-29-15-14-27-20-23(8-13-28(27)21-29)16-19-30-17-4-5-18-30;/h1-3,6-7,9-12,14-15,21,23H,4-5,8,13,16-20,22H2;1H. The first-order valence-corrected chi connectivity index (χ1v) is 11.9. The predicted molar refractivity (Wildman–Crippen MR) is 136 cm³/mol. The number of fused-ring (bicyclic) bond motifs is 1. The van der Waals surface area contributed by atoms with Gasteiger partial charge in [-0.25, -0.2) is 0 Å². The zero-order chi connectivity index (χ0) is 20.9. The molecule has 0 saturated carbocycles. The lowest BCUT2D eigenvalue weighted by atomic mass is 9.82. The summed E-state index contributed by atoms with van der Waals surface area (Å²) in [6.45, 7) is 4.55. The first kappa shape index (κ1) is 22.9. The van der Waals surface area contributed by atoms with Gasteiger partial charge in [0.2, 0.25) is 0 Å². The molecule has 1 saturated heterocycles. The van der Waals surface area contributed by atoms with E-state index in [0.717, 1.165) is 11.7 Å². The topological polar surface area (TPSA) is 12.5 Å². The van der Waals surface area contributed by atoms with Crippen LogP contribution in [0.15, 0.2) is 72.8 Å². The Kier molecular flexibility index (Phi) is 7.89. The average Bonchev–Trinajstić information content (AvgIpc) is 3.36. The molecule has 1 aliphatic heterocycles. The zero-order valence-electron chi connectivity index (χ0n) is 18.8. The van der Waals surface area contributed by atoms with E-state index >= 15 is 0 Å². The zero-order valence-corrected chi connectivity index (χ0v) is 19.7. The van der Waals surface area contributed by atoms with Gasteiger partial charge in [-0.15, -0.1) is 12.4 Å². The van der Waals surface area contributed by atoms with Gasteiger partial charge in [0.1, 0.15) is 12.4 Å². The van der Waals surface area contributed by atoms with Gasteiger partial charge < -0.3 is 9.64 Å². The van der Waals surface area contributed by atoms with Gasteiger partial charge in [0.25, 0.3) is 0 Å². The fraction of sp³-hybridized carbons (Fsp3) is 0.379. The summed E-state index contributed by atoms with van der Waals surface area (Å²) in [5.74, 6) is 1.85. The van der Waals surface area contributed by atoms with Crippen LogP contribution in [0.5, 0.6) is 5.75 Å². The summed E-state index contributed by atoms with van der Waals surface area (Å²) in [7, 11) is 0. The van der Waals surface area contributed by atoms with E-state index in [1.165, 1.54) is 86.0 Å². The largest absolute Gasteiger partial charge is 0.489 e. The summed E-state index contributed by atoms with van der Waals surface area (Å²) in [6, 6.07) is 26.0. The summed E-state index contributed by atoms with van der Waals surface area (Å²) in [5.41, 5.74) is 6.74. The first-order chi connectivity index (χ1) is 15.3. The Morgan fingerprint density at radius 1 is 0.812 bits per heavy atom. The van der Waals surface area contributed by atoms with E-state index in [1.54, 1.807) is 0 Å². The van der Waals surface area contributed by atoms with Crippen LogP contribution < -0.4 is 4.74 Å². The highest BCUT2D eigenvalue weighted by molar-refractivity contribution is 5.85. The number of likely N-dealkylation sites (tertiary alicyclic amines) is 1. The molecule has 0 bridgehead atoms. The summed E-state index contributed by atoms with van der Waals surface area (Å²) in [5, 5.41) is 0. The van der Waals surface area contributed by atoms with Crippen molar-refractivity contribution in [2.24, 2.45) is 5.92 Å². The van der Waals surface area contributed by atoms with Gasteiger partial charge in [-0.1, -0.05) is 60.7 Å². The third-order valence-electron chi connectivity index (χ3n) is 7.03. The van der Waals surface area contributed by atoms with Crippen LogP contribution in [0.3, 0.4) is 0 Å². The Balaban J connectivity index is 0.00000245. The minimum Gasteiger partial charge on any atom is -0.489 e. The number of hydrogen-bond donors (Lipinski definition) is 0. The Hall–Kier alpha value is -2.29. The van der Waals surface area contributed by atoms with Crippen molar-refractivity contribution < 1.29 is 4.74 Å². The average molecular weight is 448 g/mol. The Labute approximate surface area is 199 Å². The molecule has 3 heteroatoms. The smallest absolute Gasteiger partial charge is 0.120 e. The van der Waals surface area contributed by atoms with Gasteiger partial charge in [0.15, 0.2) is 0 Å². The highest BCUT2D eigenvalue weighted by atomic mass is 35.5. The highest BCUT2D eigenvalue weighted by Gasteiger charge is 2.21. The van der Waals surface area contributed by atoms with Crippen LogP contribution in [-0.2, 0) is 19.4 Å². The van der Waals surface area contributed by atoms with Crippen molar-refractivity contribution in [2.75, 3.05) is 19.6 Å². The molecule has 2 aliphatic rings. The van der Waals surface area contributed by atoms with E-state index in [0.29, 0.717) is 6.61 Å². The lowest BCUT2D eigenvalue weighted by molar-refractivity contribution is 0.289. The first-order valence-electron chi connectivity index (χ1n) is 11.9. The molecular weight excluding hydrogens is 414 g/mol. The van der Waals surface area contributed by atoms with Crippen molar-refractivity contribution in [1.82, 2.24) is 4.90 Å². The highest BCUT2D eigenvalue weighted by Crippen LogP contribution is 2.31. The number of hydrogen-bond acceptors (Lipinski definition) is 2. The number of halogens is 1. The van der Waals surface area contributed by atoms with Crippen LogP contribution >= 0.6 is 12.4 Å². The second-order valence-electron chi connectivity index (χ2n) is 9.23. The molecule has 0 radical (unpaired) electrons. The molecule has 32 heavy (non-hydrogen) atoms. The molecule has 0 N–H and O–H groups in total. The number of rotatable bonds is 7. The van der Waals surface area contributed by atoms with Crippen LogP contribution in [0.2, 0.25) is 0 Å². The molecule has 2 nitrogen and oxygen atoms in total. The normalized spacial score (nSPS) is 18.1. The van der Waals surface area contributed by atoms with Gasteiger partial charge in [0.05, 0.1) is 0 Å². The molecule has 1 atom stereocenters. The summed E-state index contributed by atoms with van der Waals surface area (Å²) in [4.78, 5) is 2.65. The summed E-state index contributed by atoms with van der Waals surface area (Å²) >= 11 is 0. The molecule has 3 aromatic rings. The Bertz CT molecular complexity index is 980.